The van der Waals surface area contributed by atoms with E-state index in [-0.39, 0.29) is 5.91 Å². The Morgan fingerprint density at radius 1 is 1.08 bits per heavy atom. The molecule has 136 valence electrons. The molecule has 2 aliphatic rings. The predicted molar refractivity (Wildman–Crippen MR) is 91.4 cm³/mol. The summed E-state index contributed by atoms with van der Waals surface area (Å²) < 4.78 is 4.90. The van der Waals surface area contributed by atoms with Crippen LogP contribution in [0.25, 0.3) is 0 Å². The largest absolute Gasteiger partial charge is 0.550 e. The van der Waals surface area contributed by atoms with Crippen LogP contribution in [0.4, 0.5) is 5.00 Å². The van der Waals surface area contributed by atoms with Crippen LogP contribution in [-0.4, -0.2) is 25.0 Å². The number of aliphatic carboxylic acids is 1. The van der Waals surface area contributed by atoms with Crippen LogP contribution in [0.5, 0.6) is 0 Å². The van der Waals surface area contributed by atoms with Gasteiger partial charge in [0.15, 0.2) is 0 Å². The third-order valence-corrected chi connectivity index (χ3v) is 6.41. The summed E-state index contributed by atoms with van der Waals surface area (Å²) >= 11 is 1.41. The highest BCUT2D eigenvalue weighted by molar-refractivity contribution is 7.17. The first kappa shape index (κ1) is 17.9. The third kappa shape index (κ3) is 3.56. The van der Waals surface area contributed by atoms with E-state index in [1.165, 1.54) is 18.4 Å². The zero-order chi connectivity index (χ0) is 18.0. The molecule has 0 saturated heterocycles. The summed E-state index contributed by atoms with van der Waals surface area (Å²) in [7, 11) is 1.33. The van der Waals surface area contributed by atoms with Crippen molar-refractivity contribution < 1.29 is 24.2 Å². The summed E-state index contributed by atoms with van der Waals surface area (Å²) in [6.07, 6.45) is 6.39. The zero-order valence-electron chi connectivity index (χ0n) is 14.3. The van der Waals surface area contributed by atoms with E-state index in [0.29, 0.717) is 23.4 Å². The topological polar surface area (TPSA) is 95.5 Å². The predicted octanol–water partition coefficient (Wildman–Crippen LogP) is 1.91. The van der Waals surface area contributed by atoms with Gasteiger partial charge in [0.2, 0.25) is 5.91 Å². The number of fused-ring (bicyclic) bond motifs is 1. The van der Waals surface area contributed by atoms with Crippen molar-refractivity contribution in [3.63, 3.8) is 0 Å². The standard InChI is InChI=1S/C18H23NO5S/c1-24-18(23)14-12-8-4-5-9-13(12)25-16(14)19-15(20)10-6-2-3-7-11(10)17(21)22/h10-11H,2-9H2,1H3,(H,19,20)(H,21,22)/p-1/t10-,11+/m0/s1. The molecule has 2 aliphatic carbocycles. The number of nitrogens with one attached hydrogen (secondary N) is 1. The fraction of sp³-hybridized carbons (Fsp3) is 0.611. The van der Waals surface area contributed by atoms with Crippen molar-refractivity contribution in [1.29, 1.82) is 0 Å². The van der Waals surface area contributed by atoms with Gasteiger partial charge in [-0.05, 0) is 44.1 Å². The summed E-state index contributed by atoms with van der Waals surface area (Å²) in [5.74, 6) is -3.32. The maximum atomic E-state index is 12.7. The molecule has 25 heavy (non-hydrogen) atoms. The number of rotatable bonds is 4. The lowest BCUT2D eigenvalue weighted by Gasteiger charge is -2.31. The smallest absolute Gasteiger partial charge is 0.341 e. The molecule has 1 fully saturated rings. The van der Waals surface area contributed by atoms with E-state index in [1.54, 1.807) is 0 Å². The van der Waals surface area contributed by atoms with Gasteiger partial charge in [0.1, 0.15) is 5.00 Å². The first-order valence-electron chi connectivity index (χ1n) is 8.77. The molecule has 1 amide bonds. The Balaban J connectivity index is 1.86. The highest BCUT2D eigenvalue weighted by Crippen LogP contribution is 2.39. The van der Waals surface area contributed by atoms with E-state index < -0.39 is 23.8 Å². The monoisotopic (exact) mass is 364 g/mol. The van der Waals surface area contributed by atoms with Crippen LogP contribution in [0.2, 0.25) is 0 Å². The number of anilines is 1. The average molecular weight is 364 g/mol. The van der Waals surface area contributed by atoms with Crippen LogP contribution < -0.4 is 10.4 Å². The van der Waals surface area contributed by atoms with Crippen molar-refractivity contribution >= 4 is 34.2 Å². The first-order valence-corrected chi connectivity index (χ1v) is 9.59. The van der Waals surface area contributed by atoms with Crippen LogP contribution in [0.1, 0.15) is 59.3 Å². The van der Waals surface area contributed by atoms with Gasteiger partial charge in [-0.1, -0.05) is 12.8 Å². The molecule has 1 saturated carbocycles. The van der Waals surface area contributed by atoms with Gasteiger partial charge in [0, 0.05) is 22.7 Å². The number of esters is 1. The SMILES string of the molecule is COC(=O)c1c(NC(=O)[C@H]2CCCC[C@H]2C(=O)[O-])sc2c1CCCC2. The van der Waals surface area contributed by atoms with Crippen LogP contribution in [-0.2, 0) is 27.2 Å². The van der Waals surface area contributed by atoms with Crippen molar-refractivity contribution in [3.8, 4) is 0 Å². The minimum atomic E-state index is -1.17. The molecular weight excluding hydrogens is 342 g/mol. The van der Waals surface area contributed by atoms with Gasteiger partial charge in [-0.2, -0.15) is 0 Å². The number of hydrogen-bond donors (Lipinski definition) is 1. The van der Waals surface area contributed by atoms with Gasteiger partial charge in [0.05, 0.1) is 12.7 Å². The molecule has 1 N–H and O–H groups in total. The summed E-state index contributed by atoms with van der Waals surface area (Å²) in [4.78, 5) is 37.4. The number of amides is 1. The quantitative estimate of drug-likeness (QED) is 0.824. The minimum absolute atomic E-state index is 0.336. The Morgan fingerprint density at radius 3 is 2.44 bits per heavy atom. The maximum absolute atomic E-state index is 12.7. The fourth-order valence-corrected chi connectivity index (χ4v) is 5.18. The molecule has 0 spiro atoms. The number of carboxylic acids is 1. The lowest BCUT2D eigenvalue weighted by molar-refractivity contribution is -0.313. The number of carbonyl (C=O) groups excluding carboxylic acids is 3. The molecule has 1 aromatic rings. The van der Waals surface area contributed by atoms with Crippen molar-refractivity contribution in [1.82, 2.24) is 0 Å². The van der Waals surface area contributed by atoms with Crippen molar-refractivity contribution in [2.24, 2.45) is 11.8 Å². The van der Waals surface area contributed by atoms with Crippen molar-refractivity contribution in [2.45, 2.75) is 51.4 Å². The van der Waals surface area contributed by atoms with Gasteiger partial charge in [-0.3, -0.25) is 4.79 Å². The van der Waals surface area contributed by atoms with Gasteiger partial charge in [-0.25, -0.2) is 4.79 Å². The number of carbonyl (C=O) groups is 3. The van der Waals surface area contributed by atoms with Crippen molar-refractivity contribution in [3.05, 3.63) is 16.0 Å². The van der Waals surface area contributed by atoms with Crippen LogP contribution in [0, 0.1) is 11.8 Å². The van der Waals surface area contributed by atoms with E-state index in [2.05, 4.69) is 5.32 Å². The van der Waals surface area contributed by atoms with E-state index in [1.807, 2.05) is 0 Å². The summed E-state index contributed by atoms with van der Waals surface area (Å²) in [5, 5.41) is 14.7. The molecule has 0 radical (unpaired) electrons. The minimum Gasteiger partial charge on any atom is -0.550 e. The molecule has 7 heteroatoms. The van der Waals surface area contributed by atoms with Gasteiger partial charge >= 0.3 is 5.97 Å². The molecule has 6 nitrogen and oxygen atoms in total. The number of aryl methyl sites for hydroxylation is 1. The summed E-state index contributed by atoms with van der Waals surface area (Å²) in [6, 6.07) is 0. The lowest BCUT2D eigenvalue weighted by Crippen LogP contribution is -2.42. The summed E-state index contributed by atoms with van der Waals surface area (Å²) in [6.45, 7) is 0. The fourth-order valence-electron chi connectivity index (χ4n) is 3.90. The van der Waals surface area contributed by atoms with Crippen LogP contribution in [0.3, 0.4) is 0 Å². The van der Waals surface area contributed by atoms with E-state index in [9.17, 15) is 19.5 Å². The Bertz CT molecular complexity index is 696. The molecule has 0 bridgehead atoms. The van der Waals surface area contributed by atoms with E-state index in [0.717, 1.165) is 49.0 Å². The Morgan fingerprint density at radius 2 is 1.76 bits per heavy atom. The second kappa shape index (κ2) is 7.56. The maximum Gasteiger partial charge on any atom is 0.341 e. The van der Waals surface area contributed by atoms with Crippen molar-refractivity contribution in [2.75, 3.05) is 12.4 Å². The number of methoxy groups -OCH3 is 1. The average Bonchev–Trinajstić information content (AvgIpc) is 2.98. The highest BCUT2D eigenvalue weighted by Gasteiger charge is 2.34. The zero-order valence-corrected chi connectivity index (χ0v) is 15.1. The number of hydrogen-bond acceptors (Lipinski definition) is 6. The molecule has 0 aliphatic heterocycles. The van der Waals surface area contributed by atoms with Crippen LogP contribution >= 0.6 is 11.3 Å². The molecular formula is C18H22NO5S-. The molecule has 3 rings (SSSR count). The third-order valence-electron chi connectivity index (χ3n) is 5.20. The molecule has 1 aromatic heterocycles. The second-order valence-electron chi connectivity index (χ2n) is 6.71. The number of thiophene rings is 1. The number of carboxylic acid groups (broad SMARTS) is 1. The van der Waals surface area contributed by atoms with E-state index in [4.69, 9.17) is 4.74 Å². The molecule has 0 aromatic carbocycles. The molecule has 2 atom stereocenters. The molecule has 0 unspecified atom stereocenters. The number of ether oxygens (including phenoxy) is 1. The molecule has 1 heterocycles. The normalized spacial score (nSPS) is 22.8. The van der Waals surface area contributed by atoms with E-state index >= 15 is 0 Å². The first-order chi connectivity index (χ1) is 12.0. The Labute approximate surface area is 150 Å². The van der Waals surface area contributed by atoms with Gasteiger partial charge in [-0.15, -0.1) is 11.3 Å². The highest BCUT2D eigenvalue weighted by atomic mass is 32.1. The Hall–Kier alpha value is -1.89. The lowest BCUT2D eigenvalue weighted by atomic mass is 9.78. The van der Waals surface area contributed by atoms with Gasteiger partial charge < -0.3 is 20.0 Å². The second-order valence-corrected chi connectivity index (χ2v) is 7.82. The van der Waals surface area contributed by atoms with Gasteiger partial charge in [0.25, 0.3) is 0 Å². The Kier molecular flexibility index (Phi) is 5.42. The summed E-state index contributed by atoms with van der Waals surface area (Å²) in [5.41, 5.74) is 1.41. The van der Waals surface area contributed by atoms with Crippen LogP contribution in [0.15, 0.2) is 0 Å².